The van der Waals surface area contributed by atoms with Crippen LogP contribution in [0, 0.1) is 6.92 Å². The Morgan fingerprint density at radius 2 is 1.93 bits per heavy atom. The molecule has 142 valence electrons. The van der Waals surface area contributed by atoms with E-state index in [1.165, 1.54) is 4.57 Å². The lowest BCUT2D eigenvalue weighted by Crippen LogP contribution is -2.24. The number of ether oxygens (including phenoxy) is 1. The summed E-state index contributed by atoms with van der Waals surface area (Å²) in [5.74, 6) is -0.966. The van der Waals surface area contributed by atoms with E-state index in [0.29, 0.717) is 11.4 Å². The second kappa shape index (κ2) is 6.38. The predicted molar refractivity (Wildman–Crippen MR) is 101 cm³/mol. The van der Waals surface area contributed by atoms with Crippen LogP contribution in [0.25, 0.3) is 5.69 Å². The third-order valence-electron chi connectivity index (χ3n) is 4.56. The zero-order valence-corrected chi connectivity index (χ0v) is 15.2. The van der Waals surface area contributed by atoms with Gasteiger partial charge in [-0.05, 0) is 19.1 Å². The van der Waals surface area contributed by atoms with Gasteiger partial charge in [0.1, 0.15) is 18.2 Å². The molecule has 0 unspecified atom stereocenters. The Bertz CT molecular complexity index is 1190. The molecule has 9 heteroatoms. The molecule has 0 fully saturated rings. The Morgan fingerprint density at radius 3 is 2.64 bits per heavy atom. The van der Waals surface area contributed by atoms with Gasteiger partial charge in [0.2, 0.25) is 0 Å². The molecule has 3 aromatic rings. The van der Waals surface area contributed by atoms with Crippen molar-refractivity contribution in [3.8, 4) is 11.4 Å². The number of nitrogen functional groups attached to an aromatic ring is 1. The molecule has 2 aromatic heterocycles. The zero-order chi connectivity index (χ0) is 20.0. The predicted octanol–water partition coefficient (Wildman–Crippen LogP) is 0.924. The molecule has 1 aliphatic rings. The summed E-state index contributed by atoms with van der Waals surface area (Å²) in [6.07, 6.45) is 1.85. The minimum Gasteiger partial charge on any atom is -0.487 e. The van der Waals surface area contributed by atoms with E-state index in [0.717, 1.165) is 17.3 Å². The summed E-state index contributed by atoms with van der Waals surface area (Å²) >= 11 is 0. The van der Waals surface area contributed by atoms with Crippen molar-refractivity contribution in [2.45, 2.75) is 13.5 Å². The first kappa shape index (κ1) is 17.5. The van der Waals surface area contributed by atoms with Crippen LogP contribution in [-0.2, 0) is 13.7 Å². The number of carbonyl (C=O) groups is 2. The first-order valence-electron chi connectivity index (χ1n) is 8.49. The summed E-state index contributed by atoms with van der Waals surface area (Å²) in [6, 6.07) is 7.95. The van der Waals surface area contributed by atoms with E-state index >= 15 is 0 Å². The van der Waals surface area contributed by atoms with E-state index < -0.39 is 17.4 Å². The number of amides is 2. The van der Waals surface area contributed by atoms with Crippen molar-refractivity contribution in [2.75, 3.05) is 5.73 Å². The van der Waals surface area contributed by atoms with Gasteiger partial charge >= 0.3 is 0 Å². The third-order valence-corrected chi connectivity index (χ3v) is 4.56. The molecule has 0 aliphatic carbocycles. The van der Waals surface area contributed by atoms with Crippen molar-refractivity contribution < 1.29 is 14.3 Å². The number of fused-ring (bicyclic) bond motifs is 1. The molecule has 1 aliphatic heterocycles. The molecule has 9 nitrogen and oxygen atoms in total. The van der Waals surface area contributed by atoms with Gasteiger partial charge in [0.25, 0.3) is 17.4 Å². The zero-order valence-electron chi connectivity index (χ0n) is 15.2. The lowest BCUT2D eigenvalue weighted by Gasteiger charge is -2.16. The highest BCUT2D eigenvalue weighted by Gasteiger charge is 2.32. The average molecular weight is 379 g/mol. The Labute approximate surface area is 159 Å². The number of nitrogens with one attached hydrogen (secondary N) is 1. The topological polar surface area (TPSA) is 121 Å². The fraction of sp³-hybridized carbons (Fsp3) is 0.158. The smallest absolute Gasteiger partial charge is 0.262 e. The highest BCUT2D eigenvalue weighted by molar-refractivity contribution is 6.23. The standard InChI is InChI=1S/C19H17N5O4/c1-10-11(8-23(2)22-10)9-28-14-6-4-3-5-13(14)24-15(25)7-12-16(17(24)20)19(27)21-18(12)26/h3-8H,9,20H2,1-2H3,(H,21,26,27). The summed E-state index contributed by atoms with van der Waals surface area (Å²) in [4.78, 5) is 36.5. The van der Waals surface area contributed by atoms with Crippen LogP contribution in [0.1, 0.15) is 32.0 Å². The number of nitrogens with two attached hydrogens (primary N) is 1. The minimum atomic E-state index is -0.632. The van der Waals surface area contributed by atoms with Crippen LogP contribution in [0.2, 0.25) is 0 Å². The van der Waals surface area contributed by atoms with E-state index in [-0.39, 0.29) is 23.6 Å². The number of rotatable bonds is 4. The van der Waals surface area contributed by atoms with Crippen LogP contribution >= 0.6 is 0 Å². The van der Waals surface area contributed by atoms with Crippen LogP contribution < -0.4 is 21.3 Å². The highest BCUT2D eigenvalue weighted by Crippen LogP contribution is 2.28. The van der Waals surface area contributed by atoms with Crippen LogP contribution in [0.4, 0.5) is 5.82 Å². The quantitative estimate of drug-likeness (QED) is 0.650. The molecule has 0 radical (unpaired) electrons. The number of carbonyl (C=O) groups excluding carboxylic acids is 2. The Morgan fingerprint density at radius 1 is 1.18 bits per heavy atom. The van der Waals surface area contributed by atoms with Gasteiger partial charge in [0, 0.05) is 24.9 Å². The fourth-order valence-corrected chi connectivity index (χ4v) is 3.24. The molecule has 0 saturated carbocycles. The van der Waals surface area contributed by atoms with Crippen molar-refractivity contribution in [3.63, 3.8) is 0 Å². The van der Waals surface area contributed by atoms with Gasteiger partial charge in [-0.1, -0.05) is 12.1 Å². The third kappa shape index (κ3) is 2.73. The SMILES string of the molecule is Cc1nn(C)cc1COc1ccccc1-n1c(N)c2c(cc1=O)C(=O)NC2=O. The van der Waals surface area contributed by atoms with Gasteiger partial charge in [0.15, 0.2) is 0 Å². The number of imide groups is 1. The fourth-order valence-electron chi connectivity index (χ4n) is 3.24. The van der Waals surface area contributed by atoms with E-state index in [1.807, 2.05) is 20.2 Å². The molecule has 28 heavy (non-hydrogen) atoms. The van der Waals surface area contributed by atoms with Crippen molar-refractivity contribution in [1.82, 2.24) is 19.7 Å². The Kier molecular flexibility index (Phi) is 3.99. The highest BCUT2D eigenvalue weighted by atomic mass is 16.5. The van der Waals surface area contributed by atoms with Crippen LogP contribution in [-0.4, -0.2) is 26.2 Å². The molecular formula is C19H17N5O4. The van der Waals surface area contributed by atoms with E-state index in [4.69, 9.17) is 10.5 Å². The molecule has 0 bridgehead atoms. The largest absolute Gasteiger partial charge is 0.487 e. The molecular weight excluding hydrogens is 362 g/mol. The lowest BCUT2D eigenvalue weighted by molar-refractivity contribution is 0.0880. The van der Waals surface area contributed by atoms with E-state index in [1.54, 1.807) is 28.9 Å². The van der Waals surface area contributed by atoms with Crippen LogP contribution in [0.3, 0.4) is 0 Å². The van der Waals surface area contributed by atoms with Gasteiger partial charge in [-0.15, -0.1) is 0 Å². The Balaban J connectivity index is 1.78. The second-order valence-electron chi connectivity index (χ2n) is 6.44. The number of nitrogens with zero attached hydrogens (tertiary/aromatic N) is 3. The van der Waals surface area contributed by atoms with Gasteiger partial charge < -0.3 is 10.5 Å². The normalized spacial score (nSPS) is 12.8. The van der Waals surface area contributed by atoms with Crippen LogP contribution in [0.5, 0.6) is 5.75 Å². The Hall–Kier alpha value is -3.88. The van der Waals surface area contributed by atoms with Gasteiger partial charge in [-0.25, -0.2) is 0 Å². The van der Waals surface area contributed by atoms with Crippen molar-refractivity contribution >= 4 is 17.6 Å². The van der Waals surface area contributed by atoms with Gasteiger partial charge in [-0.3, -0.25) is 28.9 Å². The molecule has 0 spiro atoms. The molecule has 3 heterocycles. The molecule has 1 aromatic carbocycles. The number of aryl methyl sites for hydroxylation is 2. The summed E-state index contributed by atoms with van der Waals surface area (Å²) in [6.45, 7) is 2.12. The molecule has 0 saturated heterocycles. The van der Waals surface area contributed by atoms with Crippen molar-refractivity contribution in [2.24, 2.45) is 7.05 Å². The monoisotopic (exact) mass is 379 g/mol. The summed E-state index contributed by atoms with van der Waals surface area (Å²) in [5, 5.41) is 6.42. The number of hydrogen-bond acceptors (Lipinski definition) is 6. The number of anilines is 1. The number of hydrogen-bond donors (Lipinski definition) is 2. The molecule has 2 amide bonds. The van der Waals surface area contributed by atoms with Gasteiger partial charge in [0.05, 0.1) is 22.5 Å². The first-order valence-corrected chi connectivity index (χ1v) is 8.49. The number of para-hydroxylation sites is 2. The molecule has 3 N–H and O–H groups in total. The maximum absolute atomic E-state index is 12.7. The van der Waals surface area contributed by atoms with E-state index in [9.17, 15) is 14.4 Å². The summed E-state index contributed by atoms with van der Waals surface area (Å²) in [7, 11) is 1.82. The van der Waals surface area contributed by atoms with Gasteiger partial charge in [-0.2, -0.15) is 5.10 Å². The van der Waals surface area contributed by atoms with Crippen LogP contribution in [0.15, 0.2) is 41.3 Å². The number of benzene rings is 1. The molecule has 4 rings (SSSR count). The maximum atomic E-state index is 12.7. The second-order valence-corrected chi connectivity index (χ2v) is 6.44. The lowest BCUT2D eigenvalue weighted by atomic mass is 10.1. The van der Waals surface area contributed by atoms with E-state index in [2.05, 4.69) is 10.4 Å². The number of aromatic nitrogens is 3. The minimum absolute atomic E-state index is 0.0116. The van der Waals surface area contributed by atoms with Crippen molar-refractivity contribution in [1.29, 1.82) is 0 Å². The summed E-state index contributed by atoms with van der Waals surface area (Å²) < 4.78 is 8.78. The summed E-state index contributed by atoms with van der Waals surface area (Å²) in [5.41, 5.74) is 7.65. The molecule has 0 atom stereocenters. The average Bonchev–Trinajstić information content (AvgIpc) is 3.11. The van der Waals surface area contributed by atoms with Crippen molar-refractivity contribution in [3.05, 3.63) is 69.3 Å². The first-order chi connectivity index (χ1) is 13.4. The maximum Gasteiger partial charge on any atom is 0.262 e. The number of pyridine rings is 1.